The molecule has 0 radical (unpaired) electrons. The molecule has 80 valence electrons. The third kappa shape index (κ3) is 1.88. The number of aromatic nitrogens is 2. The highest BCUT2D eigenvalue weighted by atomic mass is 19.4. The van der Waals surface area contributed by atoms with Crippen LogP contribution < -0.4 is 5.73 Å². The Hall–Kier alpha value is -1.72. The van der Waals surface area contributed by atoms with E-state index in [1.54, 1.807) is 12.1 Å². The maximum Gasteiger partial charge on any atom is 0.406 e. The summed E-state index contributed by atoms with van der Waals surface area (Å²) in [6, 6.07) is 3.28. The summed E-state index contributed by atoms with van der Waals surface area (Å²) in [6.07, 6.45) is -1.57. The van der Waals surface area contributed by atoms with E-state index >= 15 is 0 Å². The van der Waals surface area contributed by atoms with Gasteiger partial charge in [-0.05, 0) is 12.1 Å². The molecule has 0 amide bonds. The lowest BCUT2D eigenvalue weighted by molar-refractivity contribution is -0.139. The van der Waals surface area contributed by atoms with Gasteiger partial charge in [0.1, 0.15) is 12.2 Å². The van der Waals surface area contributed by atoms with E-state index in [0.717, 1.165) is 4.57 Å². The molecule has 0 aliphatic heterocycles. The van der Waals surface area contributed by atoms with Crippen LogP contribution in [0.15, 0.2) is 24.5 Å². The second-order valence-electron chi connectivity index (χ2n) is 3.20. The van der Waals surface area contributed by atoms with E-state index in [2.05, 4.69) is 4.98 Å². The zero-order valence-corrected chi connectivity index (χ0v) is 7.62. The van der Waals surface area contributed by atoms with Gasteiger partial charge >= 0.3 is 6.18 Å². The number of alkyl halides is 3. The average molecular weight is 215 g/mol. The monoisotopic (exact) mass is 215 g/mol. The zero-order chi connectivity index (χ0) is 11.1. The first-order chi connectivity index (χ1) is 6.97. The minimum Gasteiger partial charge on any atom is -0.397 e. The van der Waals surface area contributed by atoms with Crippen molar-refractivity contribution < 1.29 is 13.2 Å². The van der Waals surface area contributed by atoms with E-state index in [0.29, 0.717) is 11.1 Å². The van der Waals surface area contributed by atoms with Gasteiger partial charge in [-0.25, -0.2) is 4.98 Å². The third-order valence-electron chi connectivity index (χ3n) is 2.01. The van der Waals surface area contributed by atoms with Crippen molar-refractivity contribution in [1.29, 1.82) is 0 Å². The van der Waals surface area contributed by atoms with Crippen molar-refractivity contribution >= 4 is 16.7 Å². The molecule has 0 saturated carbocycles. The van der Waals surface area contributed by atoms with E-state index in [9.17, 15) is 13.2 Å². The molecule has 0 spiro atoms. The van der Waals surface area contributed by atoms with Crippen molar-refractivity contribution in [2.75, 3.05) is 5.73 Å². The van der Waals surface area contributed by atoms with Gasteiger partial charge in [0.2, 0.25) is 0 Å². The topological polar surface area (TPSA) is 43.8 Å². The zero-order valence-electron chi connectivity index (χ0n) is 7.62. The standard InChI is InChI=1S/C9H8F3N3/c10-9(11,12)5-15-4-7(13)6-2-1-3-14-8(6)15/h1-4H,5,13H2. The van der Waals surface area contributed by atoms with Crippen molar-refractivity contribution in [1.82, 2.24) is 9.55 Å². The Morgan fingerprint density at radius 1 is 1.40 bits per heavy atom. The quantitative estimate of drug-likeness (QED) is 0.792. The Labute approximate surface area is 83.3 Å². The Bertz CT molecular complexity index is 487. The summed E-state index contributed by atoms with van der Waals surface area (Å²) in [5.74, 6) is 0. The normalized spacial score (nSPS) is 12.2. The van der Waals surface area contributed by atoms with Crippen LogP contribution in [0.1, 0.15) is 0 Å². The highest BCUT2D eigenvalue weighted by Crippen LogP contribution is 2.25. The first-order valence-electron chi connectivity index (χ1n) is 4.23. The summed E-state index contributed by atoms with van der Waals surface area (Å²) in [4.78, 5) is 3.87. The summed E-state index contributed by atoms with van der Waals surface area (Å²) >= 11 is 0. The maximum absolute atomic E-state index is 12.2. The number of anilines is 1. The lowest BCUT2D eigenvalue weighted by atomic mass is 10.3. The molecule has 2 aromatic heterocycles. The van der Waals surface area contributed by atoms with E-state index in [1.165, 1.54) is 12.4 Å². The summed E-state index contributed by atoms with van der Waals surface area (Å²) in [5, 5.41) is 0.543. The molecule has 0 atom stereocenters. The fourth-order valence-corrected chi connectivity index (χ4v) is 1.46. The van der Waals surface area contributed by atoms with Crippen LogP contribution in [0.2, 0.25) is 0 Å². The van der Waals surface area contributed by atoms with Crippen LogP contribution >= 0.6 is 0 Å². The van der Waals surface area contributed by atoms with Crippen molar-refractivity contribution in [2.24, 2.45) is 0 Å². The van der Waals surface area contributed by atoms with E-state index in [1.807, 2.05) is 0 Å². The highest BCUT2D eigenvalue weighted by Gasteiger charge is 2.28. The van der Waals surface area contributed by atoms with Gasteiger partial charge < -0.3 is 10.3 Å². The Morgan fingerprint density at radius 3 is 2.80 bits per heavy atom. The fourth-order valence-electron chi connectivity index (χ4n) is 1.46. The largest absolute Gasteiger partial charge is 0.406 e. The van der Waals surface area contributed by atoms with Gasteiger partial charge in [0, 0.05) is 17.8 Å². The second kappa shape index (κ2) is 3.15. The van der Waals surface area contributed by atoms with Crippen LogP contribution in [0.5, 0.6) is 0 Å². The van der Waals surface area contributed by atoms with Crippen molar-refractivity contribution in [3.05, 3.63) is 24.5 Å². The van der Waals surface area contributed by atoms with Gasteiger partial charge in [-0.3, -0.25) is 0 Å². The molecular formula is C9H8F3N3. The Balaban J connectivity index is 2.53. The van der Waals surface area contributed by atoms with Gasteiger partial charge in [-0.1, -0.05) is 0 Å². The molecule has 0 aliphatic rings. The molecule has 3 nitrogen and oxygen atoms in total. The van der Waals surface area contributed by atoms with Crippen molar-refractivity contribution in [3.8, 4) is 0 Å². The molecule has 2 heterocycles. The number of nitrogens with zero attached hydrogens (tertiary/aromatic N) is 2. The summed E-state index contributed by atoms with van der Waals surface area (Å²) in [5.41, 5.74) is 6.13. The van der Waals surface area contributed by atoms with E-state index in [4.69, 9.17) is 5.73 Å². The van der Waals surface area contributed by atoms with Gasteiger partial charge in [0.05, 0.1) is 5.69 Å². The lowest BCUT2D eigenvalue weighted by Gasteiger charge is -2.07. The van der Waals surface area contributed by atoms with Gasteiger partial charge in [-0.2, -0.15) is 13.2 Å². The molecule has 0 fully saturated rings. The molecule has 0 bridgehead atoms. The maximum atomic E-state index is 12.2. The number of fused-ring (bicyclic) bond motifs is 1. The predicted molar refractivity (Wildman–Crippen MR) is 50.2 cm³/mol. The van der Waals surface area contributed by atoms with Crippen LogP contribution in [0, 0.1) is 0 Å². The summed E-state index contributed by atoms with van der Waals surface area (Å²) in [7, 11) is 0. The second-order valence-corrected chi connectivity index (χ2v) is 3.20. The predicted octanol–water partition coefficient (Wildman–Crippen LogP) is 2.18. The molecule has 15 heavy (non-hydrogen) atoms. The van der Waals surface area contributed by atoms with Gasteiger partial charge in [0.15, 0.2) is 0 Å². The lowest BCUT2D eigenvalue weighted by Crippen LogP contribution is -2.17. The van der Waals surface area contributed by atoms with Crippen LogP contribution in [0.3, 0.4) is 0 Å². The summed E-state index contributed by atoms with van der Waals surface area (Å²) < 4.78 is 37.6. The number of halogens is 3. The van der Waals surface area contributed by atoms with Crippen LogP contribution in [0.4, 0.5) is 18.9 Å². The third-order valence-corrected chi connectivity index (χ3v) is 2.01. The molecule has 0 aliphatic carbocycles. The SMILES string of the molecule is Nc1cn(CC(F)(F)F)c2ncccc12. The molecule has 2 rings (SSSR count). The highest BCUT2D eigenvalue weighted by molar-refractivity contribution is 5.88. The number of rotatable bonds is 1. The number of pyridine rings is 1. The van der Waals surface area contributed by atoms with Crippen LogP contribution in [0.25, 0.3) is 11.0 Å². The molecule has 2 N–H and O–H groups in total. The molecule has 0 saturated heterocycles. The molecular weight excluding hydrogens is 207 g/mol. The smallest absolute Gasteiger partial charge is 0.397 e. The van der Waals surface area contributed by atoms with Gasteiger partial charge in [0.25, 0.3) is 0 Å². The molecule has 2 aromatic rings. The number of nitrogen functional groups attached to an aromatic ring is 1. The van der Waals surface area contributed by atoms with Crippen LogP contribution in [-0.2, 0) is 6.54 Å². The Morgan fingerprint density at radius 2 is 2.13 bits per heavy atom. The summed E-state index contributed by atoms with van der Waals surface area (Å²) in [6.45, 7) is -1.07. The Kier molecular flexibility index (Phi) is 2.06. The van der Waals surface area contributed by atoms with Crippen molar-refractivity contribution in [2.45, 2.75) is 12.7 Å². The molecule has 0 aromatic carbocycles. The van der Waals surface area contributed by atoms with E-state index in [-0.39, 0.29) is 5.65 Å². The minimum atomic E-state index is -4.27. The molecule has 0 unspecified atom stereocenters. The first kappa shape index (κ1) is 9.82. The fraction of sp³-hybridized carbons (Fsp3) is 0.222. The van der Waals surface area contributed by atoms with Crippen molar-refractivity contribution in [3.63, 3.8) is 0 Å². The van der Waals surface area contributed by atoms with E-state index < -0.39 is 12.7 Å². The number of hydrogen-bond donors (Lipinski definition) is 1. The minimum absolute atomic E-state index is 0.257. The molecule has 6 heteroatoms. The first-order valence-corrected chi connectivity index (χ1v) is 4.23. The van der Waals surface area contributed by atoms with Crippen LogP contribution in [-0.4, -0.2) is 15.7 Å². The van der Waals surface area contributed by atoms with Gasteiger partial charge in [-0.15, -0.1) is 0 Å². The average Bonchev–Trinajstić information content (AvgIpc) is 2.42. The number of nitrogens with two attached hydrogens (primary N) is 1. The number of hydrogen-bond acceptors (Lipinski definition) is 2.